The number of fused-ring (bicyclic) bond motifs is 1. The third-order valence-corrected chi connectivity index (χ3v) is 6.04. The number of methoxy groups -OCH3 is 2. The standard InChI is InChI=1S/C25H35N3O3/c1-6-11-26-25(29)27-18(3)24-21-15-23(31-5)22(30-4)14-20(21)10-12-28(24)16-19-9-7-8-17(2)13-19/h7-9,13-15,18,24H,6,10-12,16H2,1-5H3,(H2,26,27,29)/p+1/t18-,24-/m0/s1. The molecule has 2 aromatic carbocycles. The Labute approximate surface area is 185 Å². The number of urea groups is 1. The van der Waals surface area contributed by atoms with Crippen molar-refractivity contribution >= 4 is 6.03 Å². The fourth-order valence-corrected chi connectivity index (χ4v) is 4.60. The Kier molecular flexibility index (Phi) is 7.80. The predicted molar refractivity (Wildman–Crippen MR) is 123 cm³/mol. The van der Waals surface area contributed by atoms with E-state index in [9.17, 15) is 4.79 Å². The first kappa shape index (κ1) is 22.9. The van der Waals surface area contributed by atoms with Crippen LogP contribution in [0.5, 0.6) is 11.5 Å². The Hall–Kier alpha value is -2.73. The third kappa shape index (κ3) is 5.50. The summed E-state index contributed by atoms with van der Waals surface area (Å²) in [4.78, 5) is 13.9. The second kappa shape index (κ2) is 10.5. The Bertz CT molecular complexity index is 900. The van der Waals surface area contributed by atoms with Gasteiger partial charge in [0, 0.05) is 24.1 Å². The van der Waals surface area contributed by atoms with Crippen LogP contribution in [0.4, 0.5) is 4.79 Å². The Morgan fingerprint density at radius 3 is 2.61 bits per heavy atom. The van der Waals surface area contributed by atoms with Gasteiger partial charge in [-0.1, -0.05) is 36.8 Å². The molecule has 168 valence electrons. The zero-order valence-corrected chi connectivity index (χ0v) is 19.4. The normalized spacial score (nSPS) is 18.6. The molecule has 0 aliphatic carbocycles. The number of rotatable bonds is 8. The maximum Gasteiger partial charge on any atom is 0.315 e. The van der Waals surface area contributed by atoms with E-state index in [0.717, 1.165) is 37.4 Å². The van der Waals surface area contributed by atoms with Crippen LogP contribution in [0.1, 0.15) is 48.6 Å². The highest BCUT2D eigenvalue weighted by atomic mass is 16.5. The van der Waals surface area contributed by atoms with Crippen LogP contribution in [0, 0.1) is 6.92 Å². The smallest absolute Gasteiger partial charge is 0.315 e. The minimum atomic E-state index is -0.114. The summed E-state index contributed by atoms with van der Waals surface area (Å²) in [5.74, 6) is 1.48. The topological polar surface area (TPSA) is 64.0 Å². The zero-order chi connectivity index (χ0) is 22.4. The summed E-state index contributed by atoms with van der Waals surface area (Å²) in [5.41, 5.74) is 5.06. The molecule has 3 N–H and O–H groups in total. The maximum absolute atomic E-state index is 12.4. The molecule has 3 atom stereocenters. The van der Waals surface area contributed by atoms with Crippen LogP contribution in [0.2, 0.25) is 0 Å². The van der Waals surface area contributed by atoms with Gasteiger partial charge < -0.3 is 25.0 Å². The minimum Gasteiger partial charge on any atom is -0.493 e. The lowest BCUT2D eigenvalue weighted by molar-refractivity contribution is -0.948. The fraction of sp³-hybridized carbons (Fsp3) is 0.480. The van der Waals surface area contributed by atoms with E-state index >= 15 is 0 Å². The number of benzene rings is 2. The monoisotopic (exact) mass is 426 g/mol. The van der Waals surface area contributed by atoms with E-state index in [0.29, 0.717) is 6.54 Å². The second-order valence-electron chi connectivity index (χ2n) is 8.40. The molecule has 0 saturated carbocycles. The van der Waals surface area contributed by atoms with Crippen LogP contribution >= 0.6 is 0 Å². The van der Waals surface area contributed by atoms with Gasteiger partial charge in [0.1, 0.15) is 12.6 Å². The van der Waals surface area contributed by atoms with Crippen molar-refractivity contribution in [2.75, 3.05) is 27.3 Å². The molecule has 1 heterocycles. The van der Waals surface area contributed by atoms with E-state index in [1.807, 2.05) is 0 Å². The predicted octanol–water partition coefficient (Wildman–Crippen LogP) is 2.79. The van der Waals surface area contributed by atoms with Crippen LogP contribution in [-0.4, -0.2) is 39.4 Å². The molecule has 2 aromatic rings. The SMILES string of the molecule is CCCNC(=O)N[C@@H](C)[C@H]1c2cc(OC)c(OC)cc2CC[NH+]1Cc1cccc(C)c1. The lowest BCUT2D eigenvalue weighted by atomic mass is 9.87. The molecule has 6 nitrogen and oxygen atoms in total. The van der Waals surface area contributed by atoms with Gasteiger partial charge in [-0.25, -0.2) is 4.79 Å². The highest BCUT2D eigenvalue weighted by Gasteiger charge is 2.37. The molecule has 0 spiro atoms. The maximum atomic E-state index is 12.4. The molecule has 2 amide bonds. The number of ether oxygens (including phenoxy) is 2. The van der Waals surface area contributed by atoms with Gasteiger partial charge in [-0.15, -0.1) is 0 Å². The highest BCUT2D eigenvalue weighted by molar-refractivity contribution is 5.74. The second-order valence-corrected chi connectivity index (χ2v) is 8.40. The van der Waals surface area contributed by atoms with Crippen molar-refractivity contribution in [2.24, 2.45) is 0 Å². The molecule has 0 fully saturated rings. The Balaban J connectivity index is 1.94. The number of quaternary nitrogens is 1. The first-order chi connectivity index (χ1) is 15.0. The van der Waals surface area contributed by atoms with Crippen LogP contribution in [0.3, 0.4) is 0 Å². The van der Waals surface area contributed by atoms with Crippen molar-refractivity contribution in [3.8, 4) is 11.5 Å². The molecule has 1 unspecified atom stereocenters. The summed E-state index contributed by atoms with van der Waals surface area (Å²) in [6, 6.07) is 12.8. The summed E-state index contributed by atoms with van der Waals surface area (Å²) in [6.45, 7) is 8.84. The molecule has 0 saturated heterocycles. The summed E-state index contributed by atoms with van der Waals surface area (Å²) >= 11 is 0. The van der Waals surface area contributed by atoms with E-state index in [1.54, 1.807) is 14.2 Å². The molecule has 3 rings (SSSR count). The molecule has 6 heteroatoms. The van der Waals surface area contributed by atoms with Crippen molar-refractivity contribution in [2.45, 2.75) is 52.2 Å². The van der Waals surface area contributed by atoms with Gasteiger partial charge >= 0.3 is 6.03 Å². The van der Waals surface area contributed by atoms with Crippen LogP contribution in [-0.2, 0) is 13.0 Å². The zero-order valence-electron chi connectivity index (χ0n) is 19.4. The number of hydrogen-bond acceptors (Lipinski definition) is 3. The van der Waals surface area contributed by atoms with Crippen LogP contribution in [0.15, 0.2) is 36.4 Å². The summed E-state index contributed by atoms with van der Waals surface area (Å²) in [7, 11) is 3.33. The van der Waals surface area contributed by atoms with Gasteiger partial charge in [-0.05, 0) is 38.0 Å². The molecule has 0 radical (unpaired) electrons. The molecule has 1 aliphatic heterocycles. The molecule has 1 aliphatic rings. The van der Waals surface area contributed by atoms with E-state index < -0.39 is 0 Å². The molecule has 31 heavy (non-hydrogen) atoms. The number of nitrogens with one attached hydrogen (secondary N) is 3. The van der Waals surface area contributed by atoms with E-state index in [-0.39, 0.29) is 18.1 Å². The molecule has 0 aromatic heterocycles. The fourth-order valence-electron chi connectivity index (χ4n) is 4.60. The molecule has 0 bridgehead atoms. The molecular formula is C25H36N3O3+. The van der Waals surface area contributed by atoms with Crippen molar-refractivity contribution in [1.29, 1.82) is 0 Å². The van der Waals surface area contributed by atoms with E-state index in [1.165, 1.54) is 27.2 Å². The lowest BCUT2D eigenvalue weighted by Gasteiger charge is -2.38. The van der Waals surface area contributed by atoms with E-state index in [2.05, 4.69) is 67.8 Å². The summed E-state index contributed by atoms with van der Waals surface area (Å²) in [6.07, 6.45) is 1.87. The van der Waals surface area contributed by atoms with Gasteiger partial charge in [0.05, 0.1) is 26.8 Å². The summed E-state index contributed by atoms with van der Waals surface area (Å²) < 4.78 is 11.1. The van der Waals surface area contributed by atoms with Gasteiger partial charge in [0.2, 0.25) is 0 Å². The van der Waals surface area contributed by atoms with E-state index in [4.69, 9.17) is 9.47 Å². The Morgan fingerprint density at radius 1 is 1.19 bits per heavy atom. The third-order valence-electron chi connectivity index (χ3n) is 6.04. The average molecular weight is 427 g/mol. The minimum absolute atomic E-state index is 0.0474. The number of carbonyl (C=O) groups excluding carboxylic acids is 1. The largest absolute Gasteiger partial charge is 0.493 e. The van der Waals surface area contributed by atoms with Crippen molar-refractivity contribution < 1.29 is 19.2 Å². The van der Waals surface area contributed by atoms with Crippen molar-refractivity contribution in [3.05, 3.63) is 58.7 Å². The van der Waals surface area contributed by atoms with Gasteiger partial charge in [0.15, 0.2) is 11.5 Å². The number of aryl methyl sites for hydroxylation is 1. The van der Waals surface area contributed by atoms with Crippen LogP contribution in [0.25, 0.3) is 0 Å². The quantitative estimate of drug-likeness (QED) is 0.608. The molecular weight excluding hydrogens is 390 g/mol. The Morgan fingerprint density at radius 2 is 1.94 bits per heavy atom. The van der Waals surface area contributed by atoms with Gasteiger partial charge in [-0.3, -0.25) is 0 Å². The van der Waals surface area contributed by atoms with Crippen molar-refractivity contribution in [3.63, 3.8) is 0 Å². The summed E-state index contributed by atoms with van der Waals surface area (Å²) in [5, 5.41) is 6.11. The lowest BCUT2D eigenvalue weighted by Crippen LogP contribution is -3.13. The number of hydrogen-bond donors (Lipinski definition) is 3. The average Bonchev–Trinajstić information content (AvgIpc) is 2.76. The highest BCUT2D eigenvalue weighted by Crippen LogP contribution is 2.35. The number of carbonyl (C=O) groups is 1. The number of amides is 2. The first-order valence-corrected chi connectivity index (χ1v) is 11.2. The first-order valence-electron chi connectivity index (χ1n) is 11.2. The van der Waals surface area contributed by atoms with Crippen LogP contribution < -0.4 is 25.0 Å². The van der Waals surface area contributed by atoms with Gasteiger partial charge in [-0.2, -0.15) is 0 Å². The van der Waals surface area contributed by atoms with Gasteiger partial charge in [0.25, 0.3) is 0 Å². The van der Waals surface area contributed by atoms with Crippen molar-refractivity contribution in [1.82, 2.24) is 10.6 Å².